The molecule has 0 unspecified atom stereocenters. The molecular formula is C24H25FN4O4S. The Morgan fingerprint density at radius 1 is 1.15 bits per heavy atom. The zero-order valence-electron chi connectivity index (χ0n) is 18.6. The molecule has 4 aromatic rings. The van der Waals surface area contributed by atoms with Gasteiger partial charge in [-0.1, -0.05) is 0 Å². The van der Waals surface area contributed by atoms with Gasteiger partial charge in [-0.15, -0.1) is 0 Å². The zero-order chi connectivity index (χ0) is 24.3. The molecule has 4 rings (SSSR count). The summed E-state index contributed by atoms with van der Waals surface area (Å²) in [4.78, 5) is 15.6. The van der Waals surface area contributed by atoms with Gasteiger partial charge in [0.05, 0.1) is 23.3 Å². The topological polar surface area (TPSA) is 106 Å². The monoisotopic (exact) mass is 484 g/mol. The third-order valence-corrected chi connectivity index (χ3v) is 7.29. The van der Waals surface area contributed by atoms with Gasteiger partial charge in [0.25, 0.3) is 0 Å². The molecule has 0 fully saturated rings. The van der Waals surface area contributed by atoms with Gasteiger partial charge in [-0.25, -0.2) is 27.3 Å². The van der Waals surface area contributed by atoms with E-state index in [0.717, 1.165) is 34.3 Å². The van der Waals surface area contributed by atoms with Crippen LogP contribution in [-0.2, 0) is 23.1 Å². The molecule has 8 nitrogen and oxygen atoms in total. The third-order valence-electron chi connectivity index (χ3n) is 5.81. The number of imidazole rings is 1. The first kappa shape index (κ1) is 23.7. The number of nitrogens with zero attached hydrogens (tertiary/aromatic N) is 3. The Kier molecular flexibility index (Phi) is 6.80. The van der Waals surface area contributed by atoms with E-state index in [9.17, 15) is 22.7 Å². The van der Waals surface area contributed by atoms with Gasteiger partial charge in [0.15, 0.2) is 0 Å². The fourth-order valence-electron chi connectivity index (χ4n) is 4.02. The number of sulfonamides is 1. The van der Waals surface area contributed by atoms with Crippen molar-refractivity contribution >= 4 is 26.9 Å². The van der Waals surface area contributed by atoms with Gasteiger partial charge in [0.1, 0.15) is 5.82 Å². The number of hydrogen-bond acceptors (Lipinski definition) is 4. The molecular weight excluding hydrogens is 459 g/mol. The molecule has 10 heteroatoms. The molecule has 178 valence electrons. The van der Waals surface area contributed by atoms with Crippen molar-refractivity contribution in [3.8, 4) is 0 Å². The molecule has 0 aliphatic carbocycles. The van der Waals surface area contributed by atoms with Crippen LogP contribution in [0.5, 0.6) is 0 Å². The Labute approximate surface area is 196 Å². The van der Waals surface area contributed by atoms with E-state index in [1.54, 1.807) is 24.7 Å². The number of benzene rings is 2. The number of fused-ring (bicyclic) bond motifs is 1. The quantitative estimate of drug-likeness (QED) is 0.333. The lowest BCUT2D eigenvalue weighted by Crippen LogP contribution is -2.25. The van der Waals surface area contributed by atoms with Crippen LogP contribution in [0, 0.1) is 12.7 Å². The number of aromatic nitrogens is 3. The maximum Gasteiger partial charge on any atom is 0.335 e. The van der Waals surface area contributed by atoms with Crippen LogP contribution in [0.25, 0.3) is 10.9 Å². The lowest BCUT2D eigenvalue weighted by atomic mass is 10.1. The standard InChI is InChI=1S/C24H25FN4O4S/c1-17-21-14-18(24(30)31)4-9-22(21)29(23(17)15-28-13-11-26-16-28)12-3-2-10-27-34(32,33)20-7-5-19(25)6-8-20/h4-9,11,13-14,16,27H,2-3,10,12,15H2,1H3,(H,30,31). The fourth-order valence-corrected chi connectivity index (χ4v) is 5.09. The second-order valence-corrected chi connectivity index (χ2v) is 9.82. The van der Waals surface area contributed by atoms with Gasteiger partial charge < -0.3 is 14.2 Å². The van der Waals surface area contributed by atoms with Gasteiger partial charge in [0, 0.05) is 42.1 Å². The van der Waals surface area contributed by atoms with Crippen molar-refractivity contribution in [3.63, 3.8) is 0 Å². The summed E-state index contributed by atoms with van der Waals surface area (Å²) in [5.41, 5.74) is 3.22. The molecule has 0 bridgehead atoms. The Balaban J connectivity index is 1.49. The number of carboxylic acids is 1. The Bertz CT molecular complexity index is 1410. The number of hydrogen-bond donors (Lipinski definition) is 2. The van der Waals surface area contributed by atoms with Crippen LogP contribution in [0.15, 0.2) is 66.1 Å². The van der Waals surface area contributed by atoms with Crippen molar-refractivity contribution < 1.29 is 22.7 Å². The molecule has 0 saturated carbocycles. The third kappa shape index (κ3) is 5.02. The highest BCUT2D eigenvalue weighted by atomic mass is 32.2. The van der Waals surface area contributed by atoms with E-state index < -0.39 is 21.8 Å². The van der Waals surface area contributed by atoms with E-state index >= 15 is 0 Å². The van der Waals surface area contributed by atoms with Gasteiger partial charge in [-0.3, -0.25) is 0 Å². The molecule has 2 aromatic carbocycles. The minimum Gasteiger partial charge on any atom is -0.478 e. The Hall–Kier alpha value is -3.50. The molecule has 0 aliphatic rings. The van der Waals surface area contributed by atoms with Crippen LogP contribution in [-0.4, -0.2) is 40.2 Å². The van der Waals surface area contributed by atoms with Crippen LogP contribution in [0.3, 0.4) is 0 Å². The molecule has 0 spiro atoms. The number of aryl methyl sites for hydroxylation is 2. The van der Waals surface area contributed by atoms with Crippen molar-refractivity contribution in [2.24, 2.45) is 0 Å². The SMILES string of the molecule is Cc1c(Cn2ccnc2)n(CCCCNS(=O)(=O)c2ccc(F)cc2)c2ccc(C(=O)O)cc12. The molecule has 0 amide bonds. The molecule has 0 aliphatic heterocycles. The first-order valence-electron chi connectivity index (χ1n) is 10.8. The highest BCUT2D eigenvalue weighted by Gasteiger charge is 2.17. The minimum absolute atomic E-state index is 0.0257. The molecule has 0 radical (unpaired) electrons. The number of carbonyl (C=O) groups is 1. The van der Waals surface area contributed by atoms with Crippen molar-refractivity contribution in [2.45, 2.75) is 37.8 Å². The second-order valence-electron chi connectivity index (χ2n) is 8.05. The van der Waals surface area contributed by atoms with E-state index in [4.69, 9.17) is 0 Å². The number of nitrogens with one attached hydrogen (secondary N) is 1. The number of rotatable bonds is 10. The van der Waals surface area contributed by atoms with E-state index in [-0.39, 0.29) is 17.0 Å². The number of carboxylic acid groups (broad SMARTS) is 1. The van der Waals surface area contributed by atoms with Crippen LogP contribution in [0.1, 0.15) is 34.5 Å². The predicted molar refractivity (Wildman–Crippen MR) is 126 cm³/mol. The first-order chi connectivity index (χ1) is 16.3. The summed E-state index contributed by atoms with van der Waals surface area (Å²) < 4.78 is 44.5. The van der Waals surface area contributed by atoms with Crippen molar-refractivity contribution in [1.29, 1.82) is 0 Å². The van der Waals surface area contributed by atoms with Crippen LogP contribution in [0.2, 0.25) is 0 Å². The largest absolute Gasteiger partial charge is 0.478 e. The van der Waals surface area contributed by atoms with Gasteiger partial charge in [-0.2, -0.15) is 0 Å². The molecule has 2 heterocycles. The van der Waals surface area contributed by atoms with Gasteiger partial charge >= 0.3 is 5.97 Å². The number of aromatic carboxylic acids is 1. The summed E-state index contributed by atoms with van der Waals surface area (Å²) in [6.45, 7) is 3.45. The van der Waals surface area contributed by atoms with E-state index in [0.29, 0.717) is 25.9 Å². The van der Waals surface area contributed by atoms with Crippen molar-refractivity contribution in [2.75, 3.05) is 6.54 Å². The van der Waals surface area contributed by atoms with Gasteiger partial charge in [-0.05, 0) is 67.8 Å². The number of halogens is 1. The fraction of sp³-hybridized carbons (Fsp3) is 0.250. The maximum absolute atomic E-state index is 13.1. The molecule has 34 heavy (non-hydrogen) atoms. The lowest BCUT2D eigenvalue weighted by molar-refractivity contribution is 0.0697. The normalized spacial score (nSPS) is 11.8. The summed E-state index contributed by atoms with van der Waals surface area (Å²) in [6.07, 6.45) is 6.60. The molecule has 0 saturated heterocycles. The van der Waals surface area contributed by atoms with Crippen molar-refractivity contribution in [1.82, 2.24) is 18.8 Å². The van der Waals surface area contributed by atoms with Gasteiger partial charge in [0.2, 0.25) is 10.0 Å². The smallest absolute Gasteiger partial charge is 0.335 e. The van der Waals surface area contributed by atoms with Crippen LogP contribution < -0.4 is 4.72 Å². The Morgan fingerprint density at radius 2 is 1.91 bits per heavy atom. The average molecular weight is 485 g/mol. The van der Waals surface area contributed by atoms with Crippen molar-refractivity contribution in [3.05, 3.63) is 83.8 Å². The highest BCUT2D eigenvalue weighted by molar-refractivity contribution is 7.89. The Morgan fingerprint density at radius 3 is 2.59 bits per heavy atom. The molecule has 2 aromatic heterocycles. The summed E-state index contributed by atoms with van der Waals surface area (Å²) in [5.74, 6) is -1.46. The molecule has 2 N–H and O–H groups in total. The predicted octanol–water partition coefficient (Wildman–Crippen LogP) is 3.79. The summed E-state index contributed by atoms with van der Waals surface area (Å²) in [6, 6.07) is 9.81. The summed E-state index contributed by atoms with van der Waals surface area (Å²) in [5, 5.41) is 10.3. The molecule has 0 atom stereocenters. The first-order valence-corrected chi connectivity index (χ1v) is 12.3. The number of unbranched alkanes of at least 4 members (excludes halogenated alkanes) is 1. The van der Waals surface area contributed by atoms with Crippen LogP contribution in [0.4, 0.5) is 4.39 Å². The minimum atomic E-state index is -3.70. The average Bonchev–Trinajstić information content (AvgIpc) is 3.41. The summed E-state index contributed by atoms with van der Waals surface area (Å²) in [7, 11) is -3.70. The second kappa shape index (κ2) is 9.78. The zero-order valence-corrected chi connectivity index (χ0v) is 19.4. The van der Waals surface area contributed by atoms with E-state index in [2.05, 4.69) is 14.3 Å². The lowest BCUT2D eigenvalue weighted by Gasteiger charge is -2.13. The van der Waals surface area contributed by atoms with Crippen LogP contribution >= 0.6 is 0 Å². The summed E-state index contributed by atoms with van der Waals surface area (Å²) >= 11 is 0. The van der Waals surface area contributed by atoms with E-state index in [1.165, 1.54) is 12.1 Å². The maximum atomic E-state index is 13.1. The van der Waals surface area contributed by atoms with E-state index in [1.807, 2.05) is 23.8 Å². The highest BCUT2D eigenvalue weighted by Crippen LogP contribution is 2.28.